The van der Waals surface area contributed by atoms with Crippen LogP contribution in [0.25, 0.3) is 0 Å². The van der Waals surface area contributed by atoms with Crippen LogP contribution in [0, 0.1) is 0 Å². The second-order valence-electron chi connectivity index (χ2n) is 6.53. The molecule has 118 valence electrons. The number of benzene rings is 1. The van der Waals surface area contributed by atoms with Gasteiger partial charge < -0.3 is 15.0 Å². The maximum absolute atomic E-state index is 5.45. The molecule has 0 saturated carbocycles. The van der Waals surface area contributed by atoms with Crippen LogP contribution in [0.2, 0.25) is 0 Å². The molecule has 1 heterocycles. The number of methoxy groups -OCH3 is 1. The molecule has 1 aromatic carbocycles. The number of rotatable bonds is 6. The monoisotopic (exact) mass is 291 g/mol. The summed E-state index contributed by atoms with van der Waals surface area (Å²) in [4.78, 5) is 4.97. The summed E-state index contributed by atoms with van der Waals surface area (Å²) < 4.78 is 5.45. The minimum atomic E-state index is 0.193. The van der Waals surface area contributed by atoms with Gasteiger partial charge in [-0.1, -0.05) is 18.2 Å². The maximum Gasteiger partial charge on any atom is 0.123 e. The van der Waals surface area contributed by atoms with E-state index in [-0.39, 0.29) is 5.54 Å². The third-order valence-electron chi connectivity index (χ3n) is 4.26. The third-order valence-corrected chi connectivity index (χ3v) is 4.26. The molecule has 1 saturated heterocycles. The summed E-state index contributed by atoms with van der Waals surface area (Å²) in [6.07, 6.45) is 0. The highest BCUT2D eigenvalue weighted by molar-refractivity contribution is 5.33. The van der Waals surface area contributed by atoms with E-state index in [0.717, 1.165) is 45.0 Å². The van der Waals surface area contributed by atoms with E-state index in [1.165, 1.54) is 5.56 Å². The first-order valence-electron chi connectivity index (χ1n) is 7.79. The van der Waals surface area contributed by atoms with Crippen molar-refractivity contribution in [2.45, 2.75) is 25.9 Å². The van der Waals surface area contributed by atoms with Gasteiger partial charge in [-0.05, 0) is 27.0 Å². The van der Waals surface area contributed by atoms with Gasteiger partial charge in [0.25, 0.3) is 0 Å². The second-order valence-corrected chi connectivity index (χ2v) is 6.53. The van der Waals surface area contributed by atoms with Gasteiger partial charge in [-0.15, -0.1) is 0 Å². The van der Waals surface area contributed by atoms with Crippen LogP contribution in [-0.4, -0.2) is 62.2 Å². The van der Waals surface area contributed by atoms with Crippen molar-refractivity contribution in [1.29, 1.82) is 0 Å². The highest BCUT2D eigenvalue weighted by atomic mass is 16.5. The van der Waals surface area contributed by atoms with Crippen molar-refractivity contribution < 1.29 is 4.74 Å². The largest absolute Gasteiger partial charge is 0.496 e. The lowest BCUT2D eigenvalue weighted by Gasteiger charge is -2.43. The predicted octanol–water partition coefficient (Wildman–Crippen LogP) is 1.81. The molecule has 0 radical (unpaired) electrons. The van der Waals surface area contributed by atoms with Gasteiger partial charge in [-0.25, -0.2) is 0 Å². The lowest BCUT2D eigenvalue weighted by atomic mass is 10.0. The zero-order valence-corrected chi connectivity index (χ0v) is 13.9. The van der Waals surface area contributed by atoms with Crippen LogP contribution in [0.4, 0.5) is 0 Å². The standard InChI is InChI=1S/C17H29N3O/c1-17(2,20-11-9-18-10-12-20)14-19(3)13-15-7-5-6-8-16(15)21-4/h5-8,18H,9-14H2,1-4H3. The van der Waals surface area contributed by atoms with Crippen LogP contribution in [0.5, 0.6) is 5.75 Å². The van der Waals surface area contributed by atoms with E-state index in [9.17, 15) is 0 Å². The van der Waals surface area contributed by atoms with E-state index >= 15 is 0 Å². The number of piperazine rings is 1. The third kappa shape index (κ3) is 4.43. The summed E-state index contributed by atoms with van der Waals surface area (Å²) in [7, 11) is 3.93. The Morgan fingerprint density at radius 2 is 1.90 bits per heavy atom. The quantitative estimate of drug-likeness (QED) is 0.865. The van der Waals surface area contributed by atoms with Gasteiger partial charge in [0.15, 0.2) is 0 Å². The molecular formula is C17H29N3O. The lowest BCUT2D eigenvalue weighted by Crippen LogP contribution is -2.57. The molecule has 1 fully saturated rings. The molecule has 4 nitrogen and oxygen atoms in total. The first-order valence-corrected chi connectivity index (χ1v) is 7.79. The molecule has 1 aromatic rings. The SMILES string of the molecule is COc1ccccc1CN(C)CC(C)(C)N1CCNCC1. The molecule has 4 heteroatoms. The highest BCUT2D eigenvalue weighted by Gasteiger charge is 2.29. The van der Waals surface area contributed by atoms with E-state index in [2.05, 4.69) is 48.1 Å². The molecule has 21 heavy (non-hydrogen) atoms. The Bertz CT molecular complexity index is 441. The van der Waals surface area contributed by atoms with E-state index in [1.54, 1.807) is 7.11 Å². The Hall–Kier alpha value is -1.10. The van der Waals surface area contributed by atoms with Gasteiger partial charge in [0.1, 0.15) is 5.75 Å². The van der Waals surface area contributed by atoms with Crippen LogP contribution in [0.15, 0.2) is 24.3 Å². The summed E-state index contributed by atoms with van der Waals surface area (Å²) in [5.41, 5.74) is 1.44. The number of para-hydroxylation sites is 1. The van der Waals surface area contributed by atoms with Gasteiger partial charge in [0.2, 0.25) is 0 Å². The molecular weight excluding hydrogens is 262 g/mol. The fourth-order valence-electron chi connectivity index (χ4n) is 3.21. The van der Waals surface area contributed by atoms with E-state index in [4.69, 9.17) is 4.74 Å². The topological polar surface area (TPSA) is 27.7 Å². The van der Waals surface area contributed by atoms with Crippen molar-refractivity contribution in [3.8, 4) is 5.75 Å². The van der Waals surface area contributed by atoms with Crippen LogP contribution < -0.4 is 10.1 Å². The molecule has 0 unspecified atom stereocenters. The summed E-state index contributed by atoms with van der Waals surface area (Å²) in [5, 5.41) is 3.42. The zero-order chi connectivity index (χ0) is 15.3. The van der Waals surface area contributed by atoms with Gasteiger partial charge in [0, 0.05) is 50.4 Å². The number of nitrogens with one attached hydrogen (secondary N) is 1. The minimum absolute atomic E-state index is 0.193. The van der Waals surface area contributed by atoms with Crippen LogP contribution >= 0.6 is 0 Å². The number of hydrogen-bond donors (Lipinski definition) is 1. The molecule has 0 amide bonds. The average molecular weight is 291 g/mol. The smallest absolute Gasteiger partial charge is 0.123 e. The second kappa shape index (κ2) is 7.25. The van der Waals surface area contributed by atoms with Crippen LogP contribution in [0.3, 0.4) is 0 Å². The van der Waals surface area contributed by atoms with Crippen molar-refractivity contribution >= 4 is 0 Å². The minimum Gasteiger partial charge on any atom is -0.496 e. The Balaban J connectivity index is 1.95. The normalized spacial score (nSPS) is 17.2. The Morgan fingerprint density at radius 3 is 2.57 bits per heavy atom. The molecule has 0 spiro atoms. The Morgan fingerprint density at radius 1 is 1.24 bits per heavy atom. The first-order chi connectivity index (χ1) is 10.0. The lowest BCUT2D eigenvalue weighted by molar-refractivity contribution is 0.0691. The van der Waals surface area contributed by atoms with Gasteiger partial charge in [-0.2, -0.15) is 0 Å². The van der Waals surface area contributed by atoms with Gasteiger partial charge >= 0.3 is 0 Å². The number of nitrogens with zero attached hydrogens (tertiary/aromatic N) is 2. The van der Waals surface area contributed by atoms with Gasteiger partial charge in [0.05, 0.1) is 7.11 Å². The predicted molar refractivity (Wildman–Crippen MR) is 87.8 cm³/mol. The average Bonchev–Trinajstić information content (AvgIpc) is 2.48. The molecule has 1 N–H and O–H groups in total. The summed E-state index contributed by atoms with van der Waals surface area (Å²) in [6, 6.07) is 8.28. The highest BCUT2D eigenvalue weighted by Crippen LogP contribution is 2.21. The molecule has 0 aromatic heterocycles. The van der Waals surface area contributed by atoms with E-state index < -0.39 is 0 Å². The zero-order valence-electron chi connectivity index (χ0n) is 13.9. The Kier molecular flexibility index (Phi) is 5.62. The summed E-state index contributed by atoms with van der Waals surface area (Å²) >= 11 is 0. The molecule has 1 aliphatic heterocycles. The van der Waals surface area contributed by atoms with E-state index in [1.807, 2.05) is 12.1 Å². The van der Waals surface area contributed by atoms with Crippen molar-refractivity contribution in [1.82, 2.24) is 15.1 Å². The number of likely N-dealkylation sites (N-methyl/N-ethyl adjacent to an activating group) is 1. The van der Waals surface area contributed by atoms with Gasteiger partial charge in [-0.3, -0.25) is 4.90 Å². The van der Waals surface area contributed by atoms with Crippen LogP contribution in [0.1, 0.15) is 19.4 Å². The molecule has 2 rings (SSSR count). The molecule has 0 atom stereocenters. The summed E-state index contributed by atoms with van der Waals surface area (Å²) in [6.45, 7) is 11.1. The number of ether oxygens (including phenoxy) is 1. The van der Waals surface area contributed by atoms with E-state index in [0.29, 0.717) is 0 Å². The van der Waals surface area contributed by atoms with Crippen molar-refractivity contribution in [2.75, 3.05) is 46.9 Å². The molecule has 0 aliphatic carbocycles. The van der Waals surface area contributed by atoms with Crippen LogP contribution in [-0.2, 0) is 6.54 Å². The number of hydrogen-bond acceptors (Lipinski definition) is 4. The summed E-state index contributed by atoms with van der Waals surface area (Å²) in [5.74, 6) is 0.976. The molecule has 0 bridgehead atoms. The Labute approximate surface area is 129 Å². The first kappa shape index (κ1) is 16.3. The van der Waals surface area contributed by atoms with Crippen molar-refractivity contribution in [3.63, 3.8) is 0 Å². The fraction of sp³-hybridized carbons (Fsp3) is 0.647. The van der Waals surface area contributed by atoms with Crippen molar-refractivity contribution in [2.24, 2.45) is 0 Å². The maximum atomic E-state index is 5.45. The molecule has 1 aliphatic rings. The fourth-order valence-corrected chi connectivity index (χ4v) is 3.21. The van der Waals surface area contributed by atoms with Crippen molar-refractivity contribution in [3.05, 3.63) is 29.8 Å².